The van der Waals surface area contributed by atoms with E-state index in [1.54, 1.807) is 30.3 Å². The Morgan fingerprint density at radius 2 is 2.04 bits per heavy atom. The molecule has 1 heterocycles. The molecule has 0 aliphatic carbocycles. The highest BCUT2D eigenvalue weighted by Crippen LogP contribution is 2.26. The molecule has 3 aromatic rings. The van der Waals surface area contributed by atoms with Crippen molar-refractivity contribution >= 4 is 36.0 Å². The molecular weight excluding hydrogens is 376 g/mol. The molecule has 7 nitrogen and oxygen atoms in total. The summed E-state index contributed by atoms with van der Waals surface area (Å²) in [5.41, 5.74) is 1.27. The number of para-hydroxylation sites is 1. The van der Waals surface area contributed by atoms with Crippen LogP contribution in [0.1, 0.15) is 5.56 Å². The maximum atomic E-state index is 10.7. The van der Waals surface area contributed by atoms with Crippen molar-refractivity contribution in [2.75, 3.05) is 6.61 Å². The summed E-state index contributed by atoms with van der Waals surface area (Å²) in [4.78, 5) is 10.7. The summed E-state index contributed by atoms with van der Waals surface area (Å²) in [7, 11) is 0. The SMILES string of the molecule is O=C(O)COc1ccccc1/C=N/n1c(-c2ccccc2Cl)n[nH]c1=S. The Morgan fingerprint density at radius 3 is 2.81 bits per heavy atom. The molecule has 2 aromatic carbocycles. The van der Waals surface area contributed by atoms with Crippen molar-refractivity contribution < 1.29 is 14.6 Å². The molecule has 0 aliphatic rings. The van der Waals surface area contributed by atoms with Crippen LogP contribution in [0.25, 0.3) is 11.4 Å². The van der Waals surface area contributed by atoms with Gasteiger partial charge in [0.2, 0.25) is 4.77 Å². The number of nitrogens with zero attached hydrogens (tertiary/aromatic N) is 3. The van der Waals surface area contributed by atoms with Gasteiger partial charge in [0.1, 0.15) is 5.75 Å². The van der Waals surface area contributed by atoms with Crippen LogP contribution in [0.15, 0.2) is 53.6 Å². The standard InChI is InChI=1S/C17H13ClN4O3S/c18-13-7-3-2-6-12(13)16-20-21-17(26)22(16)19-9-11-5-1-4-8-14(11)25-10-15(23)24/h1-9H,10H2,(H,21,26)(H,23,24)/b19-9+. The number of rotatable bonds is 6. The fourth-order valence-electron chi connectivity index (χ4n) is 2.19. The Balaban J connectivity index is 1.96. The largest absolute Gasteiger partial charge is 0.481 e. The summed E-state index contributed by atoms with van der Waals surface area (Å²) in [5, 5.41) is 20.5. The Kier molecular flexibility index (Phi) is 5.45. The van der Waals surface area contributed by atoms with Crippen LogP contribution < -0.4 is 4.74 Å². The number of aliphatic carboxylic acids is 1. The molecule has 0 unspecified atom stereocenters. The lowest BCUT2D eigenvalue weighted by atomic mass is 10.2. The first-order valence-corrected chi connectivity index (χ1v) is 8.25. The minimum atomic E-state index is -1.06. The topological polar surface area (TPSA) is 92.5 Å². The third-order valence-electron chi connectivity index (χ3n) is 3.35. The molecule has 0 radical (unpaired) electrons. The van der Waals surface area contributed by atoms with E-state index in [0.29, 0.717) is 32.5 Å². The number of nitrogens with one attached hydrogen (secondary N) is 1. The van der Waals surface area contributed by atoms with Gasteiger partial charge in [0.05, 0.1) is 11.2 Å². The highest BCUT2D eigenvalue weighted by Gasteiger charge is 2.11. The van der Waals surface area contributed by atoms with Crippen LogP contribution in [0.2, 0.25) is 5.02 Å². The van der Waals surface area contributed by atoms with E-state index in [9.17, 15) is 4.79 Å². The Labute approximate surface area is 158 Å². The fourth-order valence-corrected chi connectivity index (χ4v) is 2.59. The van der Waals surface area contributed by atoms with Gasteiger partial charge in [0.15, 0.2) is 12.4 Å². The van der Waals surface area contributed by atoms with Crippen LogP contribution in [-0.4, -0.2) is 38.8 Å². The zero-order chi connectivity index (χ0) is 18.5. The quantitative estimate of drug-likeness (QED) is 0.497. The van der Waals surface area contributed by atoms with E-state index in [0.717, 1.165) is 0 Å². The van der Waals surface area contributed by atoms with Crippen molar-refractivity contribution in [3.63, 3.8) is 0 Å². The fraction of sp³-hybridized carbons (Fsp3) is 0.0588. The molecule has 2 N–H and O–H groups in total. The number of ether oxygens (including phenoxy) is 1. The predicted octanol–water partition coefficient (Wildman–Crippen LogP) is 3.61. The molecule has 0 saturated carbocycles. The third-order valence-corrected chi connectivity index (χ3v) is 3.94. The zero-order valence-electron chi connectivity index (χ0n) is 13.3. The van der Waals surface area contributed by atoms with Crippen molar-refractivity contribution in [3.05, 3.63) is 63.9 Å². The number of hydrogen-bond donors (Lipinski definition) is 2. The molecule has 0 aliphatic heterocycles. The Hall–Kier alpha value is -2.97. The first kappa shape index (κ1) is 17.8. The van der Waals surface area contributed by atoms with Crippen molar-refractivity contribution in [2.45, 2.75) is 0 Å². The summed E-state index contributed by atoms with van der Waals surface area (Å²) in [6, 6.07) is 14.2. The molecule has 1 aromatic heterocycles. The van der Waals surface area contributed by atoms with Gasteiger partial charge < -0.3 is 9.84 Å². The normalized spacial score (nSPS) is 11.0. The van der Waals surface area contributed by atoms with Crippen LogP contribution >= 0.6 is 23.8 Å². The smallest absolute Gasteiger partial charge is 0.341 e. The minimum absolute atomic E-state index is 0.292. The van der Waals surface area contributed by atoms with Gasteiger partial charge in [-0.3, -0.25) is 0 Å². The lowest BCUT2D eigenvalue weighted by molar-refractivity contribution is -0.139. The van der Waals surface area contributed by atoms with E-state index < -0.39 is 12.6 Å². The van der Waals surface area contributed by atoms with Gasteiger partial charge in [-0.15, -0.1) is 0 Å². The van der Waals surface area contributed by atoms with Crippen LogP contribution in [-0.2, 0) is 4.79 Å². The molecule has 9 heteroatoms. The highest BCUT2D eigenvalue weighted by atomic mass is 35.5. The van der Waals surface area contributed by atoms with Crippen LogP contribution in [0, 0.1) is 4.77 Å². The lowest BCUT2D eigenvalue weighted by Gasteiger charge is -2.06. The van der Waals surface area contributed by atoms with Gasteiger partial charge in [-0.05, 0) is 36.5 Å². The van der Waals surface area contributed by atoms with Crippen LogP contribution in [0.4, 0.5) is 0 Å². The van der Waals surface area contributed by atoms with Gasteiger partial charge in [0.25, 0.3) is 0 Å². The second-order valence-corrected chi connectivity index (χ2v) is 5.90. The van der Waals surface area contributed by atoms with Crippen LogP contribution in [0.3, 0.4) is 0 Å². The van der Waals surface area contributed by atoms with Gasteiger partial charge in [-0.1, -0.05) is 35.9 Å². The van der Waals surface area contributed by atoms with E-state index in [2.05, 4.69) is 15.3 Å². The predicted molar refractivity (Wildman–Crippen MR) is 100 cm³/mol. The van der Waals surface area contributed by atoms with E-state index in [1.807, 2.05) is 18.2 Å². The average Bonchev–Trinajstić information content (AvgIpc) is 2.99. The zero-order valence-corrected chi connectivity index (χ0v) is 14.9. The number of hydrogen-bond acceptors (Lipinski definition) is 5. The lowest BCUT2D eigenvalue weighted by Crippen LogP contribution is -2.10. The number of halogens is 1. The number of carboxylic acids is 1. The second kappa shape index (κ2) is 7.94. The Bertz CT molecular complexity index is 1030. The number of carbonyl (C=O) groups is 1. The molecule has 26 heavy (non-hydrogen) atoms. The number of aromatic amines is 1. The summed E-state index contributed by atoms with van der Waals surface area (Å²) in [6.07, 6.45) is 1.52. The number of H-pyrrole nitrogens is 1. The Morgan fingerprint density at radius 1 is 1.31 bits per heavy atom. The first-order chi connectivity index (χ1) is 12.6. The third kappa shape index (κ3) is 3.98. The number of aromatic nitrogens is 3. The van der Waals surface area contributed by atoms with Gasteiger partial charge in [0, 0.05) is 11.1 Å². The summed E-state index contributed by atoms with van der Waals surface area (Å²) in [6.45, 7) is -0.444. The number of carboxylic acid groups (broad SMARTS) is 1. The van der Waals surface area contributed by atoms with Crippen molar-refractivity contribution in [3.8, 4) is 17.1 Å². The molecular formula is C17H13ClN4O3S. The molecule has 0 fully saturated rings. The average molecular weight is 389 g/mol. The van der Waals surface area contributed by atoms with Gasteiger partial charge in [-0.2, -0.15) is 14.9 Å². The minimum Gasteiger partial charge on any atom is -0.481 e. The van der Waals surface area contributed by atoms with E-state index in [-0.39, 0.29) is 0 Å². The molecule has 3 rings (SSSR count). The van der Waals surface area contributed by atoms with E-state index >= 15 is 0 Å². The van der Waals surface area contributed by atoms with Crippen molar-refractivity contribution in [1.82, 2.24) is 14.9 Å². The summed E-state index contributed by atoms with van der Waals surface area (Å²) >= 11 is 11.5. The molecule has 0 atom stereocenters. The second-order valence-electron chi connectivity index (χ2n) is 5.11. The summed E-state index contributed by atoms with van der Waals surface area (Å²) in [5.74, 6) is -0.205. The van der Waals surface area contributed by atoms with Gasteiger partial charge >= 0.3 is 5.97 Å². The first-order valence-electron chi connectivity index (χ1n) is 7.46. The number of benzene rings is 2. The molecule has 0 spiro atoms. The molecule has 0 saturated heterocycles. The molecule has 132 valence electrons. The maximum Gasteiger partial charge on any atom is 0.341 e. The van der Waals surface area contributed by atoms with E-state index in [4.69, 9.17) is 33.7 Å². The maximum absolute atomic E-state index is 10.7. The molecule has 0 bridgehead atoms. The monoisotopic (exact) mass is 388 g/mol. The molecule has 0 amide bonds. The van der Waals surface area contributed by atoms with Crippen LogP contribution in [0.5, 0.6) is 5.75 Å². The van der Waals surface area contributed by atoms with Gasteiger partial charge in [-0.25, -0.2) is 9.89 Å². The van der Waals surface area contributed by atoms with Crippen molar-refractivity contribution in [1.29, 1.82) is 0 Å². The van der Waals surface area contributed by atoms with Crippen molar-refractivity contribution in [2.24, 2.45) is 5.10 Å². The summed E-state index contributed by atoms with van der Waals surface area (Å²) < 4.78 is 6.99. The van der Waals surface area contributed by atoms with E-state index in [1.165, 1.54) is 10.9 Å². The highest BCUT2D eigenvalue weighted by molar-refractivity contribution is 7.71.